The van der Waals surface area contributed by atoms with E-state index in [-0.39, 0.29) is 16.8 Å². The zero-order valence-electron chi connectivity index (χ0n) is 15.0. The molecule has 0 saturated heterocycles. The Hall–Kier alpha value is -3.33. The maximum absolute atomic E-state index is 13.4. The van der Waals surface area contributed by atoms with E-state index in [1.165, 1.54) is 24.3 Å². The third kappa shape index (κ3) is 4.26. The number of anilines is 1. The van der Waals surface area contributed by atoms with Crippen molar-refractivity contribution in [1.82, 2.24) is 9.97 Å². The van der Waals surface area contributed by atoms with Crippen LogP contribution >= 0.6 is 0 Å². The van der Waals surface area contributed by atoms with Gasteiger partial charge in [-0.1, -0.05) is 32.0 Å². The summed E-state index contributed by atoms with van der Waals surface area (Å²) in [7, 11) is 0. The van der Waals surface area contributed by atoms with Crippen LogP contribution < -0.4 is 5.32 Å². The van der Waals surface area contributed by atoms with E-state index in [4.69, 9.17) is 5.26 Å². The van der Waals surface area contributed by atoms with Crippen molar-refractivity contribution >= 4 is 5.95 Å². The lowest BCUT2D eigenvalue weighted by atomic mass is 9.84. The molecule has 3 aromatic rings. The highest BCUT2D eigenvalue weighted by Crippen LogP contribution is 2.24. The van der Waals surface area contributed by atoms with Crippen LogP contribution in [0.15, 0.2) is 54.9 Å². The molecule has 0 spiro atoms. The Balaban J connectivity index is 1.71. The maximum atomic E-state index is 13.4. The number of benzene rings is 2. The fourth-order valence-electron chi connectivity index (χ4n) is 2.66. The highest BCUT2D eigenvalue weighted by molar-refractivity contribution is 5.64. The molecule has 0 saturated carbocycles. The Kier molecular flexibility index (Phi) is 5.13. The first-order valence-corrected chi connectivity index (χ1v) is 8.41. The second kappa shape index (κ2) is 7.50. The predicted molar refractivity (Wildman–Crippen MR) is 100 cm³/mol. The predicted octanol–water partition coefficient (Wildman–Crippen LogP) is 4.68. The lowest BCUT2D eigenvalue weighted by Gasteiger charge is -2.25. The Bertz CT molecular complexity index is 975. The third-order valence-corrected chi connectivity index (χ3v) is 4.39. The lowest BCUT2D eigenvalue weighted by molar-refractivity contribution is 0.551. The van der Waals surface area contributed by atoms with E-state index >= 15 is 0 Å². The second-order valence-corrected chi connectivity index (χ2v) is 6.85. The minimum absolute atomic E-state index is 0.0178. The summed E-state index contributed by atoms with van der Waals surface area (Å²) < 4.78 is 26.5. The molecule has 0 fully saturated rings. The lowest BCUT2D eigenvalue weighted by Crippen LogP contribution is -2.28. The number of aromatic nitrogens is 2. The van der Waals surface area contributed by atoms with Crippen molar-refractivity contribution in [2.24, 2.45) is 0 Å². The minimum Gasteiger partial charge on any atom is -0.353 e. The average molecular weight is 364 g/mol. The summed E-state index contributed by atoms with van der Waals surface area (Å²) in [5.41, 5.74) is 2.11. The molecule has 6 heteroatoms. The van der Waals surface area contributed by atoms with E-state index in [9.17, 15) is 8.78 Å². The van der Waals surface area contributed by atoms with Crippen molar-refractivity contribution in [2.75, 3.05) is 11.9 Å². The molecular formula is C21H18F2N4. The molecule has 0 radical (unpaired) electrons. The molecule has 2 aromatic carbocycles. The summed E-state index contributed by atoms with van der Waals surface area (Å²) in [4.78, 5) is 8.57. The van der Waals surface area contributed by atoms with Gasteiger partial charge in [0.2, 0.25) is 5.95 Å². The molecule has 1 aromatic heterocycles. The van der Waals surface area contributed by atoms with Gasteiger partial charge in [-0.05, 0) is 35.4 Å². The van der Waals surface area contributed by atoms with Crippen LogP contribution in [-0.2, 0) is 5.41 Å². The molecular weight excluding hydrogens is 346 g/mol. The van der Waals surface area contributed by atoms with Crippen LogP contribution in [0.4, 0.5) is 14.7 Å². The first kappa shape index (κ1) is 18.5. The largest absolute Gasteiger partial charge is 0.353 e. The zero-order valence-corrected chi connectivity index (χ0v) is 15.0. The Morgan fingerprint density at radius 3 is 2.30 bits per heavy atom. The maximum Gasteiger partial charge on any atom is 0.222 e. The van der Waals surface area contributed by atoms with Gasteiger partial charge in [-0.25, -0.2) is 18.7 Å². The van der Waals surface area contributed by atoms with Gasteiger partial charge < -0.3 is 5.32 Å². The van der Waals surface area contributed by atoms with Gasteiger partial charge in [0.1, 0.15) is 17.7 Å². The minimum atomic E-state index is -0.552. The van der Waals surface area contributed by atoms with Crippen molar-refractivity contribution < 1.29 is 8.78 Å². The Labute approximate surface area is 156 Å². The van der Waals surface area contributed by atoms with Gasteiger partial charge in [-0.2, -0.15) is 5.26 Å². The van der Waals surface area contributed by atoms with E-state index in [0.717, 1.165) is 5.56 Å². The van der Waals surface area contributed by atoms with Crippen LogP contribution in [0.25, 0.3) is 11.1 Å². The number of halogens is 2. The van der Waals surface area contributed by atoms with Crippen molar-refractivity contribution in [3.63, 3.8) is 0 Å². The number of hydrogen-bond acceptors (Lipinski definition) is 4. The van der Waals surface area contributed by atoms with Crippen LogP contribution in [0.1, 0.15) is 25.0 Å². The van der Waals surface area contributed by atoms with E-state index in [2.05, 4.69) is 15.3 Å². The van der Waals surface area contributed by atoms with Crippen LogP contribution in [0.5, 0.6) is 0 Å². The third-order valence-electron chi connectivity index (χ3n) is 4.39. The molecule has 0 unspecified atom stereocenters. The molecule has 1 N–H and O–H groups in total. The molecule has 0 amide bonds. The second-order valence-electron chi connectivity index (χ2n) is 6.85. The Morgan fingerprint density at radius 2 is 1.67 bits per heavy atom. The molecule has 4 nitrogen and oxygen atoms in total. The summed E-state index contributed by atoms with van der Waals surface area (Å²) in [6.45, 7) is 4.65. The molecule has 0 aliphatic rings. The summed E-state index contributed by atoms with van der Waals surface area (Å²) in [6, 6.07) is 12.6. The Morgan fingerprint density at radius 1 is 1.00 bits per heavy atom. The van der Waals surface area contributed by atoms with Crippen molar-refractivity contribution in [3.05, 3.63) is 77.6 Å². The van der Waals surface area contributed by atoms with Gasteiger partial charge in [0.25, 0.3) is 0 Å². The van der Waals surface area contributed by atoms with Crippen molar-refractivity contribution in [3.8, 4) is 17.2 Å². The van der Waals surface area contributed by atoms with E-state index in [0.29, 0.717) is 23.6 Å². The van der Waals surface area contributed by atoms with E-state index in [1.54, 1.807) is 30.6 Å². The number of nitriles is 1. The first-order valence-electron chi connectivity index (χ1n) is 8.41. The smallest absolute Gasteiger partial charge is 0.222 e. The molecule has 3 rings (SSSR count). The first-order chi connectivity index (χ1) is 12.9. The number of hydrogen-bond donors (Lipinski definition) is 1. The van der Waals surface area contributed by atoms with Gasteiger partial charge in [0.05, 0.1) is 5.56 Å². The van der Waals surface area contributed by atoms with Gasteiger partial charge in [0.15, 0.2) is 0 Å². The fraction of sp³-hybridized carbons (Fsp3) is 0.190. The van der Waals surface area contributed by atoms with E-state index in [1.807, 2.05) is 19.9 Å². The van der Waals surface area contributed by atoms with E-state index < -0.39 is 5.82 Å². The summed E-state index contributed by atoms with van der Waals surface area (Å²) >= 11 is 0. The van der Waals surface area contributed by atoms with Crippen LogP contribution in [0.2, 0.25) is 0 Å². The normalized spacial score (nSPS) is 11.1. The van der Waals surface area contributed by atoms with Gasteiger partial charge in [-0.15, -0.1) is 0 Å². The standard InChI is InChI=1S/C21H18F2N4/c1-21(2,17-4-6-18(22)7-5-17)13-27-20-25-11-16(12-26-20)14-3-8-19(23)15(9-14)10-24/h3-9,11-12H,13H2,1-2H3,(H,25,26,27). The SMILES string of the molecule is CC(C)(CNc1ncc(-c2ccc(F)c(C#N)c2)cn1)c1ccc(F)cc1. The quantitative estimate of drug-likeness (QED) is 0.714. The topological polar surface area (TPSA) is 61.6 Å². The molecule has 0 aliphatic carbocycles. The summed E-state index contributed by atoms with van der Waals surface area (Å²) in [5, 5.41) is 12.1. The van der Waals surface area contributed by atoms with Gasteiger partial charge in [-0.3, -0.25) is 0 Å². The average Bonchev–Trinajstić information content (AvgIpc) is 2.68. The molecule has 0 bridgehead atoms. The van der Waals surface area contributed by atoms with Crippen molar-refractivity contribution in [1.29, 1.82) is 5.26 Å². The van der Waals surface area contributed by atoms with Crippen molar-refractivity contribution in [2.45, 2.75) is 19.3 Å². The zero-order chi connectivity index (χ0) is 19.4. The highest BCUT2D eigenvalue weighted by atomic mass is 19.1. The molecule has 27 heavy (non-hydrogen) atoms. The highest BCUT2D eigenvalue weighted by Gasteiger charge is 2.20. The number of nitrogens with one attached hydrogen (secondary N) is 1. The number of nitrogens with zero attached hydrogens (tertiary/aromatic N) is 3. The number of rotatable bonds is 5. The van der Waals surface area contributed by atoms with Gasteiger partial charge in [0, 0.05) is 29.9 Å². The van der Waals surface area contributed by atoms with Crippen LogP contribution in [0.3, 0.4) is 0 Å². The fourth-order valence-corrected chi connectivity index (χ4v) is 2.66. The summed E-state index contributed by atoms with van der Waals surface area (Å²) in [5.74, 6) is -0.359. The van der Waals surface area contributed by atoms with Crippen LogP contribution in [-0.4, -0.2) is 16.5 Å². The molecule has 1 heterocycles. The molecule has 0 atom stereocenters. The molecule has 136 valence electrons. The summed E-state index contributed by atoms with van der Waals surface area (Å²) in [6.07, 6.45) is 3.24. The van der Waals surface area contributed by atoms with Crippen LogP contribution in [0, 0.1) is 23.0 Å². The van der Waals surface area contributed by atoms with Gasteiger partial charge >= 0.3 is 0 Å². The molecule has 0 aliphatic heterocycles. The monoisotopic (exact) mass is 364 g/mol.